The molecular formula is C19H25NO4Si2. The summed E-state index contributed by atoms with van der Waals surface area (Å²) in [6.45, 7) is 10.3. The SMILES string of the molecule is C[Si](C)(C)c1cc(C(=O)Nc2ccc(C(=O)O)cc2)cc([Si](C)(C)O)c1. The van der Waals surface area contributed by atoms with Crippen molar-refractivity contribution in [3.8, 4) is 0 Å². The van der Waals surface area contributed by atoms with Crippen molar-refractivity contribution >= 4 is 44.3 Å². The summed E-state index contributed by atoms with van der Waals surface area (Å²) in [5, 5.41) is 13.7. The molecule has 0 bridgehead atoms. The fourth-order valence-corrected chi connectivity index (χ4v) is 4.78. The van der Waals surface area contributed by atoms with E-state index < -0.39 is 22.4 Å². The minimum Gasteiger partial charge on any atom is -0.478 e. The molecule has 2 aromatic rings. The monoisotopic (exact) mass is 387 g/mol. The number of hydrogen-bond donors (Lipinski definition) is 3. The predicted octanol–water partition coefficient (Wildman–Crippen LogP) is 2.59. The molecule has 0 aliphatic heterocycles. The molecule has 0 atom stereocenters. The zero-order valence-electron chi connectivity index (χ0n) is 15.8. The molecule has 2 rings (SSSR count). The molecule has 5 nitrogen and oxygen atoms in total. The molecule has 7 heteroatoms. The van der Waals surface area contributed by atoms with Crippen LogP contribution in [0.4, 0.5) is 5.69 Å². The average Bonchev–Trinajstić information content (AvgIpc) is 2.53. The van der Waals surface area contributed by atoms with Crippen molar-refractivity contribution in [2.24, 2.45) is 0 Å². The third kappa shape index (κ3) is 4.90. The molecule has 0 aromatic heterocycles. The first-order chi connectivity index (χ1) is 11.9. The highest BCUT2D eigenvalue weighted by molar-refractivity contribution is 6.90. The van der Waals surface area contributed by atoms with Crippen molar-refractivity contribution in [1.29, 1.82) is 0 Å². The fourth-order valence-electron chi connectivity index (χ4n) is 2.44. The van der Waals surface area contributed by atoms with E-state index in [1.54, 1.807) is 18.2 Å². The molecule has 3 N–H and O–H groups in total. The van der Waals surface area contributed by atoms with E-state index in [4.69, 9.17) is 5.11 Å². The molecule has 0 unspecified atom stereocenters. The predicted molar refractivity (Wildman–Crippen MR) is 110 cm³/mol. The highest BCUT2D eigenvalue weighted by Crippen LogP contribution is 2.13. The first kappa shape index (κ1) is 20.1. The topological polar surface area (TPSA) is 86.6 Å². The van der Waals surface area contributed by atoms with Gasteiger partial charge in [0.25, 0.3) is 5.91 Å². The maximum atomic E-state index is 12.7. The lowest BCUT2D eigenvalue weighted by atomic mass is 10.2. The minimum absolute atomic E-state index is 0.166. The van der Waals surface area contributed by atoms with E-state index in [0.717, 1.165) is 10.4 Å². The van der Waals surface area contributed by atoms with Crippen LogP contribution in [0.3, 0.4) is 0 Å². The molecule has 0 saturated heterocycles. The Morgan fingerprint density at radius 1 is 0.846 bits per heavy atom. The second kappa shape index (κ2) is 7.18. The van der Waals surface area contributed by atoms with Gasteiger partial charge in [-0.25, -0.2) is 4.79 Å². The van der Waals surface area contributed by atoms with Crippen LogP contribution in [0.25, 0.3) is 0 Å². The molecule has 0 radical (unpaired) electrons. The average molecular weight is 388 g/mol. The molecule has 2 aromatic carbocycles. The summed E-state index contributed by atoms with van der Waals surface area (Å²) in [5.41, 5.74) is 1.20. The number of rotatable bonds is 5. The molecular weight excluding hydrogens is 362 g/mol. The number of amides is 1. The van der Waals surface area contributed by atoms with Crippen LogP contribution in [0.15, 0.2) is 42.5 Å². The first-order valence-corrected chi connectivity index (χ1v) is 14.9. The van der Waals surface area contributed by atoms with E-state index in [0.29, 0.717) is 11.3 Å². The zero-order valence-corrected chi connectivity index (χ0v) is 17.8. The highest BCUT2D eigenvalue weighted by Gasteiger charge is 2.26. The summed E-state index contributed by atoms with van der Waals surface area (Å²) in [5.74, 6) is -1.28. The van der Waals surface area contributed by atoms with Crippen LogP contribution in [-0.4, -0.2) is 38.2 Å². The number of carbonyl (C=O) groups is 2. The van der Waals surface area contributed by atoms with Gasteiger partial charge in [-0.3, -0.25) is 4.79 Å². The van der Waals surface area contributed by atoms with Gasteiger partial charge in [0, 0.05) is 11.3 Å². The lowest BCUT2D eigenvalue weighted by Crippen LogP contribution is -2.47. The lowest BCUT2D eigenvalue weighted by molar-refractivity contribution is 0.0696. The zero-order chi connectivity index (χ0) is 19.7. The van der Waals surface area contributed by atoms with Gasteiger partial charge in [0.15, 0.2) is 0 Å². The number of carboxylic acids is 1. The maximum Gasteiger partial charge on any atom is 0.335 e. The summed E-state index contributed by atoms with van der Waals surface area (Å²) < 4.78 is 0. The smallest absolute Gasteiger partial charge is 0.335 e. The van der Waals surface area contributed by atoms with Crippen molar-refractivity contribution < 1.29 is 19.5 Å². The summed E-state index contributed by atoms with van der Waals surface area (Å²) >= 11 is 0. The third-order valence-electron chi connectivity index (χ3n) is 4.16. The van der Waals surface area contributed by atoms with Crippen molar-refractivity contribution in [2.45, 2.75) is 32.7 Å². The van der Waals surface area contributed by atoms with Crippen LogP contribution in [-0.2, 0) is 0 Å². The first-order valence-electron chi connectivity index (χ1n) is 8.41. The van der Waals surface area contributed by atoms with Crippen molar-refractivity contribution in [2.75, 3.05) is 5.32 Å². The van der Waals surface area contributed by atoms with Gasteiger partial charge >= 0.3 is 5.97 Å². The Kier molecular flexibility index (Phi) is 5.55. The van der Waals surface area contributed by atoms with E-state index in [2.05, 4.69) is 25.0 Å². The number of hydrogen-bond acceptors (Lipinski definition) is 3. The Balaban J connectivity index is 2.37. The van der Waals surface area contributed by atoms with E-state index in [1.807, 2.05) is 25.2 Å². The summed E-state index contributed by atoms with van der Waals surface area (Å²) in [7, 11) is -4.22. The Morgan fingerprint density at radius 3 is 1.85 bits per heavy atom. The number of nitrogens with one attached hydrogen (secondary N) is 1. The van der Waals surface area contributed by atoms with Gasteiger partial charge < -0.3 is 15.2 Å². The largest absolute Gasteiger partial charge is 0.478 e. The van der Waals surface area contributed by atoms with E-state index in [-0.39, 0.29) is 11.5 Å². The summed E-state index contributed by atoms with van der Waals surface area (Å²) in [4.78, 5) is 34.2. The number of aromatic carboxylic acids is 1. The second-order valence-electron chi connectivity index (χ2n) is 7.94. The van der Waals surface area contributed by atoms with Crippen LogP contribution in [0, 0.1) is 0 Å². The highest BCUT2D eigenvalue weighted by atomic mass is 28.4. The van der Waals surface area contributed by atoms with Gasteiger partial charge in [-0.15, -0.1) is 0 Å². The minimum atomic E-state index is -2.56. The molecule has 0 aliphatic carbocycles. The second-order valence-corrected chi connectivity index (χ2v) is 16.7. The molecule has 0 heterocycles. The van der Waals surface area contributed by atoms with Crippen molar-refractivity contribution in [3.63, 3.8) is 0 Å². The molecule has 0 spiro atoms. The molecule has 0 saturated carbocycles. The van der Waals surface area contributed by atoms with Gasteiger partial charge in [-0.05, 0) is 48.6 Å². The molecule has 138 valence electrons. The van der Waals surface area contributed by atoms with Crippen LogP contribution < -0.4 is 15.7 Å². The van der Waals surface area contributed by atoms with Gasteiger partial charge in [-0.1, -0.05) is 37.0 Å². The Hall–Kier alpha value is -2.23. The van der Waals surface area contributed by atoms with Crippen molar-refractivity contribution in [3.05, 3.63) is 53.6 Å². The van der Waals surface area contributed by atoms with E-state index in [9.17, 15) is 14.4 Å². The number of carboxylic acid groups (broad SMARTS) is 1. The van der Waals surface area contributed by atoms with Crippen LogP contribution >= 0.6 is 0 Å². The van der Waals surface area contributed by atoms with Gasteiger partial charge in [-0.2, -0.15) is 0 Å². The van der Waals surface area contributed by atoms with Crippen LogP contribution in [0.2, 0.25) is 32.7 Å². The molecule has 26 heavy (non-hydrogen) atoms. The Bertz CT molecular complexity index is 802. The Labute approximate surface area is 155 Å². The number of anilines is 1. The Morgan fingerprint density at radius 2 is 1.38 bits per heavy atom. The fraction of sp³-hybridized carbons (Fsp3) is 0.263. The molecule has 0 fully saturated rings. The van der Waals surface area contributed by atoms with Crippen LogP contribution in [0.1, 0.15) is 20.7 Å². The number of benzene rings is 2. The van der Waals surface area contributed by atoms with Gasteiger partial charge in [0.2, 0.25) is 8.32 Å². The quantitative estimate of drug-likeness (QED) is 0.688. The van der Waals surface area contributed by atoms with Crippen molar-refractivity contribution in [1.82, 2.24) is 0 Å². The number of carbonyl (C=O) groups excluding carboxylic acids is 1. The standard InChI is InChI=1S/C19H25NO4Si2/c1-25(2,3)16-10-14(11-17(12-16)26(4,5)24)18(21)20-15-8-6-13(7-9-15)19(22)23/h6-12,24H,1-5H3,(H,20,21)(H,22,23). The third-order valence-corrected chi connectivity index (χ3v) is 7.88. The molecule has 1 amide bonds. The van der Waals surface area contributed by atoms with E-state index in [1.165, 1.54) is 12.1 Å². The lowest BCUT2D eigenvalue weighted by Gasteiger charge is -2.23. The van der Waals surface area contributed by atoms with E-state index >= 15 is 0 Å². The maximum absolute atomic E-state index is 12.7. The van der Waals surface area contributed by atoms with Gasteiger partial charge in [0.05, 0.1) is 13.6 Å². The van der Waals surface area contributed by atoms with Gasteiger partial charge in [0.1, 0.15) is 0 Å². The normalized spacial score (nSPS) is 11.9. The molecule has 0 aliphatic rings. The van der Waals surface area contributed by atoms with Crippen LogP contribution in [0.5, 0.6) is 0 Å². The summed E-state index contributed by atoms with van der Waals surface area (Å²) in [6.07, 6.45) is 0. The summed E-state index contributed by atoms with van der Waals surface area (Å²) in [6, 6.07) is 11.7.